The standard InChI is InChI=1S/C14H24N2O2/c1-15-11-4-5-12(15)9-14(8-11,10-13(17)18)16-6-2-3-7-16/h11-12H,2-10H2,1H3,(H,17,18). The van der Waals surface area contributed by atoms with Gasteiger partial charge in [-0.1, -0.05) is 0 Å². The molecule has 2 unspecified atom stereocenters. The SMILES string of the molecule is CN1C2CCC1CC(CC(=O)O)(N1CCCC1)C2. The highest BCUT2D eigenvalue weighted by atomic mass is 16.4. The van der Waals surface area contributed by atoms with Gasteiger partial charge >= 0.3 is 5.97 Å². The van der Waals surface area contributed by atoms with Crippen molar-refractivity contribution in [1.29, 1.82) is 0 Å². The summed E-state index contributed by atoms with van der Waals surface area (Å²) in [5.41, 5.74) is -0.0410. The molecule has 4 nitrogen and oxygen atoms in total. The lowest BCUT2D eigenvalue weighted by Crippen LogP contribution is -2.58. The Morgan fingerprint density at radius 1 is 1.22 bits per heavy atom. The first-order valence-electron chi connectivity index (χ1n) is 7.29. The van der Waals surface area contributed by atoms with E-state index in [1.54, 1.807) is 0 Å². The van der Waals surface area contributed by atoms with Crippen LogP contribution in [0.3, 0.4) is 0 Å². The molecule has 0 aromatic heterocycles. The van der Waals surface area contributed by atoms with Gasteiger partial charge in [-0.3, -0.25) is 9.69 Å². The number of carboxylic acid groups (broad SMARTS) is 1. The Kier molecular flexibility index (Phi) is 3.10. The van der Waals surface area contributed by atoms with Crippen molar-refractivity contribution in [3.05, 3.63) is 0 Å². The van der Waals surface area contributed by atoms with Gasteiger partial charge in [0.2, 0.25) is 0 Å². The van der Waals surface area contributed by atoms with Gasteiger partial charge in [0.25, 0.3) is 0 Å². The van der Waals surface area contributed by atoms with Crippen molar-refractivity contribution in [2.24, 2.45) is 0 Å². The molecule has 0 aromatic rings. The summed E-state index contributed by atoms with van der Waals surface area (Å²) >= 11 is 0. The fourth-order valence-corrected chi connectivity index (χ4v) is 4.53. The molecule has 0 aliphatic carbocycles. The number of fused-ring (bicyclic) bond motifs is 2. The maximum absolute atomic E-state index is 11.3. The van der Waals surface area contributed by atoms with E-state index in [0.29, 0.717) is 18.5 Å². The number of carboxylic acids is 1. The molecule has 3 aliphatic heterocycles. The third-order valence-electron chi connectivity index (χ3n) is 5.47. The molecule has 3 rings (SSSR count). The van der Waals surface area contributed by atoms with Crippen LogP contribution >= 0.6 is 0 Å². The fourth-order valence-electron chi connectivity index (χ4n) is 4.53. The molecule has 2 bridgehead atoms. The number of rotatable bonds is 3. The van der Waals surface area contributed by atoms with E-state index in [1.807, 2.05) is 0 Å². The van der Waals surface area contributed by atoms with Gasteiger partial charge in [0.15, 0.2) is 0 Å². The monoisotopic (exact) mass is 252 g/mol. The first-order chi connectivity index (χ1) is 8.61. The van der Waals surface area contributed by atoms with Gasteiger partial charge in [-0.15, -0.1) is 0 Å². The molecule has 0 radical (unpaired) electrons. The Balaban J connectivity index is 1.84. The second-order valence-corrected chi connectivity index (χ2v) is 6.45. The summed E-state index contributed by atoms with van der Waals surface area (Å²) < 4.78 is 0. The lowest BCUT2D eigenvalue weighted by molar-refractivity contribution is -0.142. The van der Waals surface area contributed by atoms with Gasteiger partial charge in [-0.2, -0.15) is 0 Å². The number of nitrogens with zero attached hydrogens (tertiary/aromatic N) is 2. The molecule has 3 heterocycles. The van der Waals surface area contributed by atoms with Crippen molar-refractivity contribution in [1.82, 2.24) is 9.80 Å². The molecule has 18 heavy (non-hydrogen) atoms. The van der Waals surface area contributed by atoms with Crippen molar-refractivity contribution in [3.8, 4) is 0 Å². The van der Waals surface area contributed by atoms with Crippen LogP contribution in [0.2, 0.25) is 0 Å². The smallest absolute Gasteiger partial charge is 0.305 e. The highest BCUT2D eigenvalue weighted by Gasteiger charge is 2.50. The lowest BCUT2D eigenvalue weighted by atomic mass is 9.79. The Hall–Kier alpha value is -0.610. The van der Waals surface area contributed by atoms with Gasteiger partial charge in [0.1, 0.15) is 0 Å². The first-order valence-corrected chi connectivity index (χ1v) is 7.29. The van der Waals surface area contributed by atoms with Crippen LogP contribution in [0.1, 0.15) is 44.9 Å². The van der Waals surface area contributed by atoms with Gasteiger partial charge in [-0.25, -0.2) is 0 Å². The van der Waals surface area contributed by atoms with Crippen LogP contribution < -0.4 is 0 Å². The van der Waals surface area contributed by atoms with Gasteiger partial charge < -0.3 is 10.0 Å². The minimum absolute atomic E-state index is 0.0410. The van der Waals surface area contributed by atoms with Crippen LogP contribution in [0.25, 0.3) is 0 Å². The Morgan fingerprint density at radius 2 is 1.78 bits per heavy atom. The molecule has 102 valence electrons. The van der Waals surface area contributed by atoms with E-state index in [4.69, 9.17) is 0 Å². The van der Waals surface area contributed by atoms with Crippen molar-refractivity contribution >= 4 is 5.97 Å². The zero-order valence-electron chi connectivity index (χ0n) is 11.3. The maximum Gasteiger partial charge on any atom is 0.305 e. The Morgan fingerprint density at radius 3 is 2.28 bits per heavy atom. The van der Waals surface area contributed by atoms with E-state index in [1.165, 1.54) is 25.7 Å². The van der Waals surface area contributed by atoms with Crippen LogP contribution in [0.4, 0.5) is 0 Å². The number of likely N-dealkylation sites (tertiary alicyclic amines) is 1. The number of carbonyl (C=O) groups is 1. The summed E-state index contributed by atoms with van der Waals surface area (Å²) in [6.07, 6.45) is 7.47. The van der Waals surface area contributed by atoms with Crippen LogP contribution in [0, 0.1) is 0 Å². The molecule has 0 aromatic carbocycles. The van der Waals surface area contributed by atoms with E-state index in [9.17, 15) is 9.90 Å². The highest BCUT2D eigenvalue weighted by molar-refractivity contribution is 5.68. The summed E-state index contributed by atoms with van der Waals surface area (Å²) in [6, 6.07) is 1.23. The van der Waals surface area contributed by atoms with E-state index in [-0.39, 0.29) is 5.54 Å². The van der Waals surface area contributed by atoms with Crippen LogP contribution in [-0.2, 0) is 4.79 Å². The fraction of sp³-hybridized carbons (Fsp3) is 0.929. The molecule has 3 fully saturated rings. The summed E-state index contributed by atoms with van der Waals surface area (Å²) in [5.74, 6) is -0.620. The predicted molar refractivity (Wildman–Crippen MR) is 69.6 cm³/mol. The van der Waals surface area contributed by atoms with Crippen molar-refractivity contribution in [2.45, 2.75) is 62.6 Å². The molecule has 3 saturated heterocycles. The molecule has 3 aliphatic rings. The normalized spacial score (nSPS) is 41.4. The second kappa shape index (κ2) is 4.49. The second-order valence-electron chi connectivity index (χ2n) is 6.45. The van der Waals surface area contributed by atoms with E-state index < -0.39 is 5.97 Å². The Labute approximate surface area is 109 Å². The number of piperidine rings is 1. The summed E-state index contributed by atoms with van der Waals surface area (Å²) in [4.78, 5) is 16.3. The molecule has 4 heteroatoms. The molecule has 2 atom stereocenters. The van der Waals surface area contributed by atoms with E-state index in [0.717, 1.165) is 25.9 Å². The van der Waals surface area contributed by atoms with Crippen molar-refractivity contribution < 1.29 is 9.90 Å². The molecule has 0 amide bonds. The minimum Gasteiger partial charge on any atom is -0.481 e. The third-order valence-corrected chi connectivity index (χ3v) is 5.47. The number of aliphatic carboxylic acids is 1. The quantitative estimate of drug-likeness (QED) is 0.827. The van der Waals surface area contributed by atoms with Gasteiger partial charge in [0.05, 0.1) is 6.42 Å². The number of hydrogen-bond donors (Lipinski definition) is 1. The van der Waals surface area contributed by atoms with Crippen molar-refractivity contribution in [2.75, 3.05) is 20.1 Å². The molecule has 0 spiro atoms. The first kappa shape index (κ1) is 12.4. The zero-order valence-corrected chi connectivity index (χ0v) is 11.3. The van der Waals surface area contributed by atoms with E-state index in [2.05, 4.69) is 16.8 Å². The average Bonchev–Trinajstić information content (AvgIpc) is 2.89. The van der Waals surface area contributed by atoms with Crippen LogP contribution in [0.5, 0.6) is 0 Å². The van der Waals surface area contributed by atoms with E-state index >= 15 is 0 Å². The topological polar surface area (TPSA) is 43.8 Å². The van der Waals surface area contributed by atoms with Crippen molar-refractivity contribution in [3.63, 3.8) is 0 Å². The molecular formula is C14H24N2O2. The molecular weight excluding hydrogens is 228 g/mol. The van der Waals surface area contributed by atoms with Crippen LogP contribution in [0.15, 0.2) is 0 Å². The lowest BCUT2D eigenvalue weighted by Gasteiger charge is -2.49. The van der Waals surface area contributed by atoms with Gasteiger partial charge in [-0.05, 0) is 58.7 Å². The number of hydrogen-bond acceptors (Lipinski definition) is 3. The average molecular weight is 252 g/mol. The minimum atomic E-state index is -0.620. The summed E-state index contributed by atoms with van der Waals surface area (Å²) in [6.45, 7) is 2.22. The molecule has 1 N–H and O–H groups in total. The Bertz CT molecular complexity index is 325. The highest BCUT2D eigenvalue weighted by Crippen LogP contribution is 2.45. The predicted octanol–water partition coefficient (Wildman–Crippen LogP) is 1.55. The zero-order chi connectivity index (χ0) is 12.8. The third kappa shape index (κ3) is 1.95. The largest absolute Gasteiger partial charge is 0.481 e. The summed E-state index contributed by atoms with van der Waals surface area (Å²) in [5, 5.41) is 9.31. The maximum atomic E-state index is 11.3. The summed E-state index contributed by atoms with van der Waals surface area (Å²) in [7, 11) is 2.22. The van der Waals surface area contributed by atoms with Gasteiger partial charge in [0, 0.05) is 17.6 Å². The molecule has 0 saturated carbocycles. The van der Waals surface area contributed by atoms with Crippen LogP contribution in [-0.4, -0.2) is 58.6 Å².